The molecule has 0 fully saturated rings. The smallest absolute Gasteiger partial charge is 0.206 e. The molecular formula is C26H26O5S. The Morgan fingerprint density at radius 1 is 0.906 bits per heavy atom. The summed E-state index contributed by atoms with van der Waals surface area (Å²) < 4.78 is 31.5. The van der Waals surface area contributed by atoms with Crippen LogP contribution in [-0.2, 0) is 9.84 Å². The molecule has 3 rings (SSSR count). The van der Waals surface area contributed by atoms with Gasteiger partial charge in [0, 0.05) is 11.1 Å². The van der Waals surface area contributed by atoms with E-state index in [-0.39, 0.29) is 15.5 Å². The van der Waals surface area contributed by atoms with E-state index < -0.39 is 15.4 Å². The van der Waals surface area contributed by atoms with E-state index in [4.69, 9.17) is 4.74 Å². The summed E-state index contributed by atoms with van der Waals surface area (Å²) in [6, 6.07) is 17.1. The SMILES string of the molecule is CCC(O)(C#Cc1cccc(Oc2ccc(S(=O)(=O)c3ccc(O)cc3)cc2)c1C)CC. The monoisotopic (exact) mass is 450 g/mol. The molecule has 166 valence electrons. The van der Waals surface area contributed by atoms with Crippen LogP contribution in [-0.4, -0.2) is 24.2 Å². The third kappa shape index (κ3) is 5.13. The first-order chi connectivity index (χ1) is 15.2. The lowest BCUT2D eigenvalue weighted by molar-refractivity contribution is 0.0931. The molecule has 2 N–H and O–H groups in total. The Labute approximate surface area is 189 Å². The van der Waals surface area contributed by atoms with Crippen molar-refractivity contribution in [2.45, 2.75) is 49.0 Å². The fourth-order valence-electron chi connectivity index (χ4n) is 3.05. The van der Waals surface area contributed by atoms with Crippen molar-refractivity contribution in [2.24, 2.45) is 0 Å². The molecule has 0 radical (unpaired) electrons. The van der Waals surface area contributed by atoms with Crippen LogP contribution in [0, 0.1) is 18.8 Å². The highest BCUT2D eigenvalue weighted by atomic mass is 32.2. The number of hydrogen-bond acceptors (Lipinski definition) is 5. The van der Waals surface area contributed by atoms with E-state index >= 15 is 0 Å². The minimum atomic E-state index is -3.70. The number of benzene rings is 3. The Hall–Kier alpha value is -3.27. The normalized spacial score (nSPS) is 11.5. The molecule has 3 aromatic carbocycles. The number of sulfone groups is 1. The molecule has 0 atom stereocenters. The lowest BCUT2D eigenvalue weighted by Crippen LogP contribution is -2.23. The van der Waals surface area contributed by atoms with Crippen LogP contribution in [0.4, 0.5) is 0 Å². The Bertz CT molecular complexity index is 1240. The number of phenols is 1. The molecule has 0 aliphatic heterocycles. The van der Waals surface area contributed by atoms with Crippen molar-refractivity contribution in [2.75, 3.05) is 0 Å². The molecule has 0 amide bonds. The second-order valence-corrected chi connectivity index (χ2v) is 9.44. The summed E-state index contributed by atoms with van der Waals surface area (Å²) in [5, 5.41) is 19.8. The highest BCUT2D eigenvalue weighted by Gasteiger charge is 2.19. The first-order valence-electron chi connectivity index (χ1n) is 10.4. The molecule has 0 aliphatic carbocycles. The predicted octanol–water partition coefficient (Wildman–Crippen LogP) is 5.23. The zero-order valence-corrected chi connectivity index (χ0v) is 19.1. The van der Waals surface area contributed by atoms with Crippen LogP contribution in [0.2, 0.25) is 0 Å². The van der Waals surface area contributed by atoms with Crippen molar-refractivity contribution in [3.8, 4) is 29.1 Å². The molecule has 0 heterocycles. The number of ether oxygens (including phenoxy) is 1. The first kappa shape index (κ1) is 23.4. The topological polar surface area (TPSA) is 83.8 Å². The van der Waals surface area contributed by atoms with E-state index in [1.807, 2.05) is 39.0 Å². The van der Waals surface area contributed by atoms with Gasteiger partial charge < -0.3 is 14.9 Å². The average molecular weight is 451 g/mol. The fourth-order valence-corrected chi connectivity index (χ4v) is 4.31. The second kappa shape index (κ2) is 9.47. The quantitative estimate of drug-likeness (QED) is 0.503. The third-order valence-corrected chi connectivity index (χ3v) is 7.18. The van der Waals surface area contributed by atoms with Crippen LogP contribution in [0.25, 0.3) is 0 Å². The van der Waals surface area contributed by atoms with E-state index in [1.54, 1.807) is 12.1 Å². The van der Waals surface area contributed by atoms with E-state index in [1.165, 1.54) is 36.4 Å². The van der Waals surface area contributed by atoms with Crippen LogP contribution < -0.4 is 4.74 Å². The van der Waals surface area contributed by atoms with Crippen molar-refractivity contribution in [1.29, 1.82) is 0 Å². The lowest BCUT2D eigenvalue weighted by atomic mass is 9.97. The largest absolute Gasteiger partial charge is 0.508 e. The van der Waals surface area contributed by atoms with Gasteiger partial charge in [-0.2, -0.15) is 0 Å². The van der Waals surface area contributed by atoms with Gasteiger partial charge in [-0.15, -0.1) is 0 Å². The summed E-state index contributed by atoms with van der Waals surface area (Å²) in [7, 11) is -3.70. The molecule has 0 bridgehead atoms. The highest BCUT2D eigenvalue weighted by molar-refractivity contribution is 7.91. The van der Waals surface area contributed by atoms with Gasteiger partial charge in [0.05, 0.1) is 9.79 Å². The summed E-state index contributed by atoms with van der Waals surface area (Å²) in [5.74, 6) is 7.10. The van der Waals surface area contributed by atoms with E-state index in [0.717, 1.165) is 11.1 Å². The molecule has 32 heavy (non-hydrogen) atoms. The van der Waals surface area contributed by atoms with Crippen molar-refractivity contribution < 1.29 is 23.4 Å². The molecule has 0 aromatic heterocycles. The minimum Gasteiger partial charge on any atom is -0.508 e. The van der Waals surface area contributed by atoms with E-state index in [2.05, 4.69) is 11.8 Å². The van der Waals surface area contributed by atoms with Gasteiger partial charge in [0.25, 0.3) is 0 Å². The number of aromatic hydroxyl groups is 1. The van der Waals surface area contributed by atoms with Crippen molar-refractivity contribution in [3.63, 3.8) is 0 Å². The number of aliphatic hydroxyl groups is 1. The Morgan fingerprint density at radius 3 is 2.03 bits per heavy atom. The maximum atomic E-state index is 12.8. The molecule has 0 saturated heterocycles. The van der Waals surface area contributed by atoms with E-state index in [0.29, 0.717) is 24.3 Å². The second-order valence-electron chi connectivity index (χ2n) is 7.49. The van der Waals surface area contributed by atoms with Gasteiger partial charge in [-0.3, -0.25) is 0 Å². The highest BCUT2D eigenvalue weighted by Crippen LogP contribution is 2.29. The Morgan fingerprint density at radius 2 is 1.47 bits per heavy atom. The maximum Gasteiger partial charge on any atom is 0.206 e. The van der Waals surface area contributed by atoms with Gasteiger partial charge in [0.2, 0.25) is 9.84 Å². The molecule has 5 nitrogen and oxygen atoms in total. The van der Waals surface area contributed by atoms with Crippen LogP contribution in [0.3, 0.4) is 0 Å². The average Bonchev–Trinajstić information content (AvgIpc) is 2.80. The van der Waals surface area contributed by atoms with Crippen LogP contribution in [0.1, 0.15) is 37.8 Å². The van der Waals surface area contributed by atoms with Gasteiger partial charge in [-0.25, -0.2) is 8.42 Å². The van der Waals surface area contributed by atoms with Crippen LogP contribution >= 0.6 is 0 Å². The number of rotatable bonds is 6. The van der Waals surface area contributed by atoms with Gasteiger partial charge in [0.1, 0.15) is 22.8 Å². The van der Waals surface area contributed by atoms with Gasteiger partial charge in [-0.05, 0) is 80.4 Å². The first-order valence-corrected chi connectivity index (χ1v) is 11.8. The van der Waals surface area contributed by atoms with Crippen molar-refractivity contribution in [3.05, 3.63) is 77.9 Å². The molecule has 3 aromatic rings. The Balaban J connectivity index is 1.83. The fraction of sp³-hybridized carbons (Fsp3) is 0.231. The van der Waals surface area contributed by atoms with E-state index in [9.17, 15) is 18.6 Å². The Kier molecular flexibility index (Phi) is 6.93. The van der Waals surface area contributed by atoms with Gasteiger partial charge in [0.15, 0.2) is 0 Å². The molecule has 0 saturated carbocycles. The minimum absolute atomic E-state index is 0.00375. The number of phenolic OH excluding ortho intramolecular Hbond substituents is 1. The summed E-state index contributed by atoms with van der Waals surface area (Å²) >= 11 is 0. The van der Waals surface area contributed by atoms with Crippen LogP contribution in [0.15, 0.2) is 76.5 Å². The summed E-state index contributed by atoms with van der Waals surface area (Å²) in [6.07, 6.45) is 1.09. The predicted molar refractivity (Wildman–Crippen MR) is 124 cm³/mol. The molecule has 0 aliphatic rings. The zero-order chi connectivity index (χ0) is 23.4. The number of hydrogen-bond donors (Lipinski definition) is 2. The third-order valence-electron chi connectivity index (χ3n) is 5.39. The summed E-state index contributed by atoms with van der Waals surface area (Å²) in [5.41, 5.74) is 0.576. The standard InChI is InChI=1S/C26H26O5S/c1-4-26(28,5-2)18-17-20-7-6-8-25(19(20)3)31-22-11-15-24(16-12-22)32(29,30)23-13-9-21(27)10-14-23/h6-16,27-28H,4-5H2,1-3H3. The zero-order valence-electron chi connectivity index (χ0n) is 18.3. The summed E-state index contributed by atoms with van der Waals surface area (Å²) in [6.45, 7) is 5.69. The molecule has 0 unspecified atom stereocenters. The summed E-state index contributed by atoms with van der Waals surface area (Å²) in [4.78, 5) is 0.232. The van der Waals surface area contributed by atoms with Crippen molar-refractivity contribution in [1.82, 2.24) is 0 Å². The molecule has 6 heteroatoms. The molecular weight excluding hydrogens is 424 g/mol. The molecule has 0 spiro atoms. The van der Waals surface area contributed by atoms with Crippen molar-refractivity contribution >= 4 is 9.84 Å². The lowest BCUT2D eigenvalue weighted by Gasteiger charge is -2.17. The maximum absolute atomic E-state index is 12.8. The van der Waals surface area contributed by atoms with Gasteiger partial charge in [-0.1, -0.05) is 31.8 Å². The van der Waals surface area contributed by atoms with Crippen LogP contribution in [0.5, 0.6) is 17.2 Å². The van der Waals surface area contributed by atoms with Gasteiger partial charge >= 0.3 is 0 Å².